The lowest BCUT2D eigenvalue weighted by Crippen LogP contribution is -2.53. The Hall–Kier alpha value is -2.24. The van der Waals surface area contributed by atoms with Gasteiger partial charge in [0, 0.05) is 48.5 Å². The summed E-state index contributed by atoms with van der Waals surface area (Å²) in [5.74, 6) is 6.45. The predicted octanol–water partition coefficient (Wildman–Crippen LogP) is 4.01. The lowest BCUT2D eigenvalue weighted by Gasteiger charge is -2.43. The van der Waals surface area contributed by atoms with E-state index in [1.54, 1.807) is 0 Å². The standard InChI is InChI=1S/C22H26N2/c1-22(2,3)24-17-15-23(16-18-24)21-13-11-20(12-14-21)10-9-19-7-5-4-6-8-19/h4-8,11-14H,15-18H2,1-3H3. The molecule has 0 bridgehead atoms. The van der Waals surface area contributed by atoms with Crippen LogP contribution in [0.1, 0.15) is 31.9 Å². The van der Waals surface area contributed by atoms with Gasteiger partial charge in [-0.1, -0.05) is 30.0 Å². The molecule has 1 fully saturated rings. The lowest BCUT2D eigenvalue weighted by molar-refractivity contribution is 0.128. The molecule has 0 atom stereocenters. The maximum absolute atomic E-state index is 3.24. The van der Waals surface area contributed by atoms with Crippen molar-refractivity contribution in [2.24, 2.45) is 0 Å². The van der Waals surface area contributed by atoms with E-state index in [9.17, 15) is 0 Å². The van der Waals surface area contributed by atoms with Crippen LogP contribution < -0.4 is 4.90 Å². The van der Waals surface area contributed by atoms with Gasteiger partial charge in [0.25, 0.3) is 0 Å². The Kier molecular flexibility index (Phi) is 4.92. The van der Waals surface area contributed by atoms with Crippen molar-refractivity contribution in [3.63, 3.8) is 0 Å². The first kappa shape index (κ1) is 16.6. The monoisotopic (exact) mass is 318 g/mol. The highest BCUT2D eigenvalue weighted by Crippen LogP contribution is 2.21. The van der Waals surface area contributed by atoms with Crippen molar-refractivity contribution < 1.29 is 0 Å². The summed E-state index contributed by atoms with van der Waals surface area (Å²) in [5, 5.41) is 0. The molecule has 24 heavy (non-hydrogen) atoms. The minimum atomic E-state index is 0.267. The van der Waals surface area contributed by atoms with Gasteiger partial charge in [0.2, 0.25) is 0 Å². The van der Waals surface area contributed by atoms with E-state index in [0.717, 1.165) is 37.3 Å². The Labute approximate surface area is 146 Å². The summed E-state index contributed by atoms with van der Waals surface area (Å²) < 4.78 is 0. The van der Waals surface area contributed by atoms with Gasteiger partial charge in [-0.15, -0.1) is 0 Å². The topological polar surface area (TPSA) is 6.48 Å². The third-order valence-corrected chi connectivity index (χ3v) is 4.59. The van der Waals surface area contributed by atoms with E-state index in [1.165, 1.54) is 5.69 Å². The zero-order valence-electron chi connectivity index (χ0n) is 14.9. The van der Waals surface area contributed by atoms with Gasteiger partial charge in [-0.05, 0) is 57.2 Å². The van der Waals surface area contributed by atoms with Gasteiger partial charge < -0.3 is 4.90 Å². The highest BCUT2D eigenvalue weighted by Gasteiger charge is 2.25. The van der Waals surface area contributed by atoms with Crippen LogP contribution in [0.5, 0.6) is 0 Å². The van der Waals surface area contributed by atoms with Gasteiger partial charge in [-0.2, -0.15) is 0 Å². The molecular weight excluding hydrogens is 292 g/mol. The Morgan fingerprint density at radius 1 is 0.708 bits per heavy atom. The molecule has 1 saturated heterocycles. The molecule has 0 aromatic heterocycles. The van der Waals surface area contributed by atoms with Gasteiger partial charge in [-0.3, -0.25) is 4.90 Å². The van der Waals surface area contributed by atoms with E-state index in [2.05, 4.69) is 66.7 Å². The average molecular weight is 318 g/mol. The number of hydrogen-bond donors (Lipinski definition) is 0. The summed E-state index contributed by atoms with van der Waals surface area (Å²) >= 11 is 0. The summed E-state index contributed by atoms with van der Waals surface area (Å²) in [6.07, 6.45) is 0. The lowest BCUT2D eigenvalue weighted by atomic mass is 10.0. The molecule has 1 aliphatic rings. The second kappa shape index (κ2) is 7.11. The van der Waals surface area contributed by atoms with Crippen LogP contribution in [0.4, 0.5) is 5.69 Å². The van der Waals surface area contributed by atoms with Gasteiger partial charge in [-0.25, -0.2) is 0 Å². The molecule has 124 valence electrons. The quantitative estimate of drug-likeness (QED) is 0.733. The molecule has 2 nitrogen and oxygen atoms in total. The first-order valence-electron chi connectivity index (χ1n) is 8.69. The average Bonchev–Trinajstić information content (AvgIpc) is 2.61. The summed E-state index contributed by atoms with van der Waals surface area (Å²) in [5.41, 5.74) is 3.69. The van der Waals surface area contributed by atoms with E-state index in [0.29, 0.717) is 0 Å². The van der Waals surface area contributed by atoms with E-state index in [-0.39, 0.29) is 5.54 Å². The molecule has 0 aliphatic carbocycles. The van der Waals surface area contributed by atoms with Gasteiger partial charge in [0.1, 0.15) is 0 Å². The van der Waals surface area contributed by atoms with Gasteiger partial charge >= 0.3 is 0 Å². The molecule has 0 amide bonds. The molecule has 0 N–H and O–H groups in total. The fraction of sp³-hybridized carbons (Fsp3) is 0.364. The molecule has 2 heteroatoms. The van der Waals surface area contributed by atoms with E-state index >= 15 is 0 Å². The van der Waals surface area contributed by atoms with Crippen LogP contribution in [-0.4, -0.2) is 36.6 Å². The molecule has 1 heterocycles. The number of rotatable bonds is 1. The van der Waals surface area contributed by atoms with Crippen LogP contribution in [0.15, 0.2) is 54.6 Å². The van der Waals surface area contributed by atoms with E-state index < -0.39 is 0 Å². The third kappa shape index (κ3) is 4.19. The SMILES string of the molecule is CC(C)(C)N1CCN(c2ccc(C#Cc3ccccc3)cc2)CC1. The molecule has 0 unspecified atom stereocenters. The van der Waals surface area contributed by atoms with Crippen molar-refractivity contribution in [2.75, 3.05) is 31.1 Å². The molecule has 2 aromatic rings. The van der Waals surface area contributed by atoms with Gasteiger partial charge in [0.05, 0.1) is 0 Å². The van der Waals surface area contributed by atoms with Crippen molar-refractivity contribution in [3.05, 3.63) is 65.7 Å². The molecular formula is C22H26N2. The number of hydrogen-bond acceptors (Lipinski definition) is 2. The van der Waals surface area contributed by atoms with Crippen LogP contribution in [0.2, 0.25) is 0 Å². The minimum Gasteiger partial charge on any atom is -0.369 e. The van der Waals surface area contributed by atoms with Crippen LogP contribution in [0.3, 0.4) is 0 Å². The zero-order valence-corrected chi connectivity index (χ0v) is 14.9. The molecule has 1 aliphatic heterocycles. The molecule has 2 aromatic carbocycles. The highest BCUT2D eigenvalue weighted by atomic mass is 15.3. The fourth-order valence-corrected chi connectivity index (χ4v) is 3.06. The van der Waals surface area contributed by atoms with Gasteiger partial charge in [0.15, 0.2) is 0 Å². The minimum absolute atomic E-state index is 0.267. The van der Waals surface area contributed by atoms with Crippen molar-refractivity contribution in [2.45, 2.75) is 26.3 Å². The molecule has 0 spiro atoms. The first-order chi connectivity index (χ1) is 11.5. The molecule has 0 radical (unpaired) electrons. The first-order valence-corrected chi connectivity index (χ1v) is 8.69. The van der Waals surface area contributed by atoms with Crippen molar-refractivity contribution in [1.82, 2.24) is 4.90 Å². The number of nitrogens with zero attached hydrogens (tertiary/aromatic N) is 2. The van der Waals surface area contributed by atoms with Crippen LogP contribution in [0.25, 0.3) is 0 Å². The Balaban J connectivity index is 1.63. The molecule has 3 rings (SSSR count). The summed E-state index contributed by atoms with van der Waals surface area (Å²) in [7, 11) is 0. The Morgan fingerprint density at radius 2 is 1.25 bits per heavy atom. The normalized spacial score (nSPS) is 15.7. The van der Waals surface area contributed by atoms with Crippen molar-refractivity contribution in [1.29, 1.82) is 0 Å². The van der Waals surface area contributed by atoms with E-state index in [1.807, 2.05) is 30.3 Å². The van der Waals surface area contributed by atoms with Crippen molar-refractivity contribution >= 4 is 5.69 Å². The van der Waals surface area contributed by atoms with Crippen LogP contribution >= 0.6 is 0 Å². The van der Waals surface area contributed by atoms with Crippen LogP contribution in [0, 0.1) is 11.8 Å². The second-order valence-electron chi connectivity index (χ2n) is 7.31. The summed E-state index contributed by atoms with van der Waals surface area (Å²) in [4.78, 5) is 5.03. The van der Waals surface area contributed by atoms with E-state index in [4.69, 9.17) is 0 Å². The smallest absolute Gasteiger partial charge is 0.0367 e. The van der Waals surface area contributed by atoms with Crippen LogP contribution in [-0.2, 0) is 0 Å². The summed E-state index contributed by atoms with van der Waals surface area (Å²) in [6.45, 7) is 11.3. The largest absolute Gasteiger partial charge is 0.369 e. The fourth-order valence-electron chi connectivity index (χ4n) is 3.06. The predicted molar refractivity (Wildman–Crippen MR) is 102 cm³/mol. The second-order valence-corrected chi connectivity index (χ2v) is 7.31. The number of benzene rings is 2. The Morgan fingerprint density at radius 3 is 1.79 bits per heavy atom. The number of piperazine rings is 1. The Bertz CT molecular complexity index is 707. The molecule has 0 saturated carbocycles. The summed E-state index contributed by atoms with van der Waals surface area (Å²) in [6, 6.07) is 18.8. The number of anilines is 1. The third-order valence-electron chi connectivity index (χ3n) is 4.59. The highest BCUT2D eigenvalue weighted by molar-refractivity contribution is 5.52. The maximum Gasteiger partial charge on any atom is 0.0367 e. The van der Waals surface area contributed by atoms with Crippen molar-refractivity contribution in [3.8, 4) is 11.8 Å². The maximum atomic E-state index is 3.24. The zero-order chi connectivity index (χ0) is 17.0.